The molecule has 1 amide bonds. The van der Waals surface area contributed by atoms with Crippen molar-refractivity contribution in [1.29, 1.82) is 0 Å². The van der Waals surface area contributed by atoms with Crippen LogP contribution in [0.4, 0.5) is 0 Å². The van der Waals surface area contributed by atoms with Gasteiger partial charge >= 0.3 is 0 Å². The quantitative estimate of drug-likeness (QED) is 0.628. The van der Waals surface area contributed by atoms with E-state index in [9.17, 15) is 14.9 Å². The van der Waals surface area contributed by atoms with Gasteiger partial charge in [0.1, 0.15) is 11.9 Å². The van der Waals surface area contributed by atoms with Gasteiger partial charge in [-0.2, -0.15) is 0 Å². The van der Waals surface area contributed by atoms with Crippen LogP contribution in [0.25, 0.3) is 0 Å². The van der Waals surface area contributed by atoms with Crippen molar-refractivity contribution in [3.8, 4) is 5.75 Å². The summed E-state index contributed by atoms with van der Waals surface area (Å²) in [6.07, 6.45) is 2.49. The molecule has 2 unspecified atom stereocenters. The van der Waals surface area contributed by atoms with E-state index in [1.807, 2.05) is 0 Å². The first-order chi connectivity index (χ1) is 10.2. The summed E-state index contributed by atoms with van der Waals surface area (Å²) < 4.78 is 5.59. The summed E-state index contributed by atoms with van der Waals surface area (Å²) in [6.45, 7) is 0.109. The number of benzene rings is 1. The molecule has 2 aliphatic rings. The highest BCUT2D eigenvalue weighted by atomic mass is 17.0. The highest BCUT2D eigenvalue weighted by Gasteiger charge is 2.38. The number of fused-ring (bicyclic) bond motifs is 1. The van der Waals surface area contributed by atoms with E-state index in [1.165, 1.54) is 0 Å². The van der Waals surface area contributed by atoms with E-state index in [-0.39, 0.29) is 18.7 Å². The maximum Gasteiger partial charge on any atom is 0.294 e. The normalized spacial score (nSPS) is 25.0. The van der Waals surface area contributed by atoms with Gasteiger partial charge in [-0.1, -0.05) is 25.0 Å². The van der Waals surface area contributed by atoms with Crippen LogP contribution in [-0.4, -0.2) is 34.8 Å². The van der Waals surface area contributed by atoms with Crippen LogP contribution < -0.4 is 4.74 Å². The minimum Gasteiger partial charge on any atom is -0.472 e. The number of amides is 1. The van der Waals surface area contributed by atoms with Crippen molar-refractivity contribution in [2.24, 2.45) is 0 Å². The van der Waals surface area contributed by atoms with Gasteiger partial charge in [0.05, 0.1) is 11.6 Å². The molecule has 0 bridgehead atoms. The van der Waals surface area contributed by atoms with Gasteiger partial charge in [-0.25, -0.2) is 0 Å². The molecule has 21 heavy (non-hydrogen) atoms. The predicted octanol–water partition coefficient (Wildman–Crippen LogP) is 2.00. The van der Waals surface area contributed by atoms with Gasteiger partial charge in [-0.3, -0.25) is 4.79 Å². The first kappa shape index (κ1) is 13.7. The number of carbonyl (C=O) groups excluding carboxylic acids is 1. The Kier molecular flexibility index (Phi) is 3.64. The molecular weight excluding hydrogens is 276 g/mol. The van der Waals surface area contributed by atoms with Crippen molar-refractivity contribution >= 4 is 5.91 Å². The Hall–Kier alpha value is -2.31. The van der Waals surface area contributed by atoms with E-state index in [0.29, 0.717) is 24.2 Å². The molecule has 1 aromatic carbocycles. The molecule has 0 spiro atoms. The summed E-state index contributed by atoms with van der Waals surface area (Å²) in [5.41, 5.74) is 0.495. The lowest BCUT2D eigenvalue weighted by atomic mass is 9.91. The van der Waals surface area contributed by atoms with Crippen molar-refractivity contribution in [3.63, 3.8) is 0 Å². The van der Waals surface area contributed by atoms with Crippen LogP contribution in [0.3, 0.4) is 0 Å². The van der Waals surface area contributed by atoms with Crippen molar-refractivity contribution in [1.82, 2.24) is 4.90 Å². The van der Waals surface area contributed by atoms with Crippen molar-refractivity contribution in [2.45, 2.75) is 37.8 Å². The van der Waals surface area contributed by atoms with Gasteiger partial charge in [0.2, 0.25) is 0 Å². The molecular formula is C14H16N2O5. The maximum absolute atomic E-state index is 12.6. The second-order valence-electron chi connectivity index (χ2n) is 5.26. The highest BCUT2D eigenvalue weighted by molar-refractivity contribution is 5.97. The SMILES string of the molecule is O=C1c2ccccc2OCN1C1CCCCC1O[N+](=O)[O-]. The number of rotatable bonds is 3. The van der Waals surface area contributed by atoms with E-state index in [0.717, 1.165) is 12.8 Å². The molecule has 2 atom stereocenters. The molecule has 0 aromatic heterocycles. The summed E-state index contributed by atoms with van der Waals surface area (Å²) in [6, 6.07) is 6.72. The van der Waals surface area contributed by atoms with Gasteiger partial charge in [-0.15, -0.1) is 10.1 Å². The zero-order valence-corrected chi connectivity index (χ0v) is 11.4. The molecule has 112 valence electrons. The number of carbonyl (C=O) groups is 1. The Morgan fingerprint density at radius 2 is 2.05 bits per heavy atom. The van der Waals surface area contributed by atoms with E-state index in [2.05, 4.69) is 0 Å². The Bertz CT molecular complexity index is 562. The fourth-order valence-electron chi connectivity index (χ4n) is 3.04. The first-order valence-corrected chi connectivity index (χ1v) is 7.01. The van der Waals surface area contributed by atoms with Gasteiger partial charge in [0, 0.05) is 0 Å². The molecule has 1 aliphatic carbocycles. The summed E-state index contributed by atoms with van der Waals surface area (Å²) in [7, 11) is 0. The number of hydrogen-bond acceptors (Lipinski definition) is 5. The van der Waals surface area contributed by atoms with Crippen LogP contribution in [0.2, 0.25) is 0 Å². The van der Waals surface area contributed by atoms with E-state index in [4.69, 9.17) is 9.57 Å². The molecule has 1 heterocycles. The molecule has 0 radical (unpaired) electrons. The largest absolute Gasteiger partial charge is 0.472 e. The second-order valence-corrected chi connectivity index (χ2v) is 5.26. The Morgan fingerprint density at radius 3 is 2.86 bits per heavy atom. The molecule has 1 aliphatic heterocycles. The van der Waals surface area contributed by atoms with E-state index < -0.39 is 11.2 Å². The monoisotopic (exact) mass is 292 g/mol. The highest BCUT2D eigenvalue weighted by Crippen LogP contribution is 2.31. The minimum atomic E-state index is -0.772. The third-order valence-corrected chi connectivity index (χ3v) is 4.03. The number of hydrogen-bond donors (Lipinski definition) is 0. The van der Waals surface area contributed by atoms with Crippen LogP contribution in [0, 0.1) is 10.1 Å². The number of ether oxygens (including phenoxy) is 1. The maximum atomic E-state index is 12.6. The smallest absolute Gasteiger partial charge is 0.294 e. The lowest BCUT2D eigenvalue weighted by molar-refractivity contribution is -0.770. The van der Waals surface area contributed by atoms with E-state index in [1.54, 1.807) is 29.2 Å². The van der Waals surface area contributed by atoms with Gasteiger partial charge in [-0.05, 0) is 25.0 Å². The first-order valence-electron chi connectivity index (χ1n) is 7.01. The fourth-order valence-corrected chi connectivity index (χ4v) is 3.04. The average molecular weight is 292 g/mol. The fraction of sp³-hybridized carbons (Fsp3) is 0.500. The lowest BCUT2D eigenvalue weighted by Gasteiger charge is -2.40. The van der Waals surface area contributed by atoms with Gasteiger partial charge in [0.15, 0.2) is 6.73 Å². The topological polar surface area (TPSA) is 81.9 Å². The summed E-state index contributed by atoms with van der Waals surface area (Å²) in [5.74, 6) is 0.405. The summed E-state index contributed by atoms with van der Waals surface area (Å²) in [4.78, 5) is 29.5. The molecule has 7 nitrogen and oxygen atoms in total. The summed E-state index contributed by atoms with van der Waals surface area (Å²) >= 11 is 0. The molecule has 0 saturated heterocycles. The second kappa shape index (κ2) is 5.59. The third kappa shape index (κ3) is 2.63. The minimum absolute atomic E-state index is 0.109. The standard InChI is InChI=1S/C14H16N2O5/c17-14-10-5-1-3-7-12(10)20-9-15(14)11-6-2-4-8-13(11)21-16(18)19/h1,3,5,7,11,13H,2,4,6,8-9H2. The Labute approximate surface area is 121 Å². The molecule has 0 N–H and O–H groups in total. The average Bonchev–Trinajstić information content (AvgIpc) is 2.48. The van der Waals surface area contributed by atoms with Crippen LogP contribution >= 0.6 is 0 Å². The van der Waals surface area contributed by atoms with Crippen molar-refractivity contribution in [3.05, 3.63) is 39.9 Å². The van der Waals surface area contributed by atoms with Crippen LogP contribution in [0.5, 0.6) is 5.75 Å². The molecule has 3 rings (SSSR count). The van der Waals surface area contributed by atoms with Gasteiger partial charge in [0.25, 0.3) is 11.0 Å². The Balaban J connectivity index is 1.82. The van der Waals surface area contributed by atoms with E-state index >= 15 is 0 Å². The Morgan fingerprint density at radius 1 is 1.29 bits per heavy atom. The molecule has 1 saturated carbocycles. The molecule has 1 aromatic rings. The third-order valence-electron chi connectivity index (χ3n) is 4.03. The molecule has 7 heteroatoms. The number of para-hydroxylation sites is 1. The summed E-state index contributed by atoms with van der Waals surface area (Å²) in [5, 5.41) is 9.85. The van der Waals surface area contributed by atoms with Crippen LogP contribution in [0.15, 0.2) is 24.3 Å². The van der Waals surface area contributed by atoms with Gasteiger partial charge < -0.3 is 14.5 Å². The zero-order chi connectivity index (χ0) is 14.8. The van der Waals surface area contributed by atoms with Crippen LogP contribution in [0.1, 0.15) is 36.0 Å². The number of nitrogens with zero attached hydrogens (tertiary/aromatic N) is 2. The predicted molar refractivity (Wildman–Crippen MR) is 72.2 cm³/mol. The van der Waals surface area contributed by atoms with Crippen molar-refractivity contribution < 1.29 is 19.5 Å². The molecule has 1 fully saturated rings. The van der Waals surface area contributed by atoms with Crippen LogP contribution in [-0.2, 0) is 4.84 Å². The van der Waals surface area contributed by atoms with Crippen molar-refractivity contribution in [2.75, 3.05) is 6.73 Å². The zero-order valence-electron chi connectivity index (χ0n) is 11.4. The lowest BCUT2D eigenvalue weighted by Crippen LogP contribution is -2.52.